The van der Waals surface area contributed by atoms with Crippen molar-refractivity contribution in [3.8, 4) is 0 Å². The molecule has 0 aromatic heterocycles. The molecule has 146 valence electrons. The van der Waals surface area contributed by atoms with Gasteiger partial charge in [0, 0.05) is 36.8 Å². The largest absolute Gasteiger partial charge is 0.343 e. The van der Waals surface area contributed by atoms with Crippen LogP contribution in [0.3, 0.4) is 0 Å². The summed E-state index contributed by atoms with van der Waals surface area (Å²) in [6, 6.07) is 13.5. The second kappa shape index (κ2) is 9.08. The summed E-state index contributed by atoms with van der Waals surface area (Å²) in [5, 5.41) is 3.41. The number of piperazine rings is 1. The van der Waals surface area contributed by atoms with Gasteiger partial charge in [-0.3, -0.25) is 14.4 Å². The third-order valence-corrected chi connectivity index (χ3v) is 5.08. The van der Waals surface area contributed by atoms with Gasteiger partial charge in [0.25, 0.3) is 11.8 Å². The molecule has 0 unspecified atom stereocenters. The molecule has 1 heterocycles. The minimum atomic E-state index is -0.293. The van der Waals surface area contributed by atoms with E-state index in [2.05, 4.69) is 5.32 Å². The molecule has 1 saturated heterocycles. The lowest BCUT2D eigenvalue weighted by atomic mass is 10.1. The molecule has 3 amide bonds. The summed E-state index contributed by atoms with van der Waals surface area (Å²) in [7, 11) is 0. The number of hydrogen-bond acceptors (Lipinski definition) is 3. The Morgan fingerprint density at radius 2 is 1.54 bits per heavy atom. The Bertz CT molecular complexity index is 882. The number of rotatable bonds is 4. The van der Waals surface area contributed by atoms with Crippen molar-refractivity contribution in [2.75, 3.05) is 32.7 Å². The first-order valence-electron chi connectivity index (χ1n) is 8.81. The standard InChI is InChI=1S/C20H19Cl2N3O3/c21-15-6-7-17(22)16(12-15)20(28)25-10-8-24(9-11-25)18(26)13-23-19(27)14-4-2-1-3-5-14/h1-7,12H,8-11,13H2,(H,23,27). The van der Waals surface area contributed by atoms with Gasteiger partial charge in [-0.2, -0.15) is 0 Å². The van der Waals surface area contributed by atoms with Gasteiger partial charge < -0.3 is 15.1 Å². The van der Waals surface area contributed by atoms with Crippen molar-refractivity contribution in [3.05, 3.63) is 69.7 Å². The second-order valence-electron chi connectivity index (χ2n) is 6.35. The van der Waals surface area contributed by atoms with Crippen LogP contribution in [-0.2, 0) is 4.79 Å². The van der Waals surface area contributed by atoms with E-state index >= 15 is 0 Å². The van der Waals surface area contributed by atoms with Crippen molar-refractivity contribution in [3.63, 3.8) is 0 Å². The molecule has 0 saturated carbocycles. The van der Waals surface area contributed by atoms with E-state index in [1.165, 1.54) is 0 Å². The average Bonchev–Trinajstić information content (AvgIpc) is 2.73. The van der Waals surface area contributed by atoms with Gasteiger partial charge >= 0.3 is 0 Å². The first-order valence-corrected chi connectivity index (χ1v) is 9.56. The minimum absolute atomic E-state index is 0.0816. The predicted octanol–water partition coefficient (Wildman–Crippen LogP) is 2.71. The third-order valence-electron chi connectivity index (χ3n) is 4.51. The highest BCUT2D eigenvalue weighted by Crippen LogP contribution is 2.22. The number of carbonyl (C=O) groups is 3. The summed E-state index contributed by atoms with van der Waals surface area (Å²) in [5.74, 6) is -0.687. The zero-order chi connectivity index (χ0) is 20.1. The van der Waals surface area contributed by atoms with Gasteiger partial charge in [-0.05, 0) is 30.3 Å². The van der Waals surface area contributed by atoms with Gasteiger partial charge in [-0.1, -0.05) is 41.4 Å². The molecule has 0 radical (unpaired) electrons. The van der Waals surface area contributed by atoms with E-state index in [-0.39, 0.29) is 24.3 Å². The molecule has 28 heavy (non-hydrogen) atoms. The molecular weight excluding hydrogens is 401 g/mol. The first kappa shape index (κ1) is 20.2. The molecular formula is C20H19Cl2N3O3. The Labute approximate surface area is 173 Å². The summed E-state index contributed by atoms with van der Waals surface area (Å²) in [4.78, 5) is 40.3. The predicted molar refractivity (Wildman–Crippen MR) is 108 cm³/mol. The van der Waals surface area contributed by atoms with Crippen LogP contribution in [0.15, 0.2) is 48.5 Å². The Balaban J connectivity index is 1.50. The minimum Gasteiger partial charge on any atom is -0.343 e. The van der Waals surface area contributed by atoms with E-state index in [1.54, 1.807) is 52.3 Å². The SMILES string of the molecule is O=C(NCC(=O)N1CCN(C(=O)c2cc(Cl)ccc2Cl)CC1)c1ccccc1. The molecule has 0 bridgehead atoms. The lowest BCUT2D eigenvalue weighted by Gasteiger charge is -2.35. The number of nitrogens with one attached hydrogen (secondary N) is 1. The molecule has 3 rings (SSSR count). The van der Waals surface area contributed by atoms with E-state index in [4.69, 9.17) is 23.2 Å². The van der Waals surface area contributed by atoms with Crippen molar-refractivity contribution < 1.29 is 14.4 Å². The zero-order valence-corrected chi connectivity index (χ0v) is 16.5. The van der Waals surface area contributed by atoms with E-state index in [0.29, 0.717) is 47.4 Å². The number of halogens is 2. The lowest BCUT2D eigenvalue weighted by molar-refractivity contribution is -0.131. The van der Waals surface area contributed by atoms with Crippen molar-refractivity contribution in [1.82, 2.24) is 15.1 Å². The van der Waals surface area contributed by atoms with E-state index in [0.717, 1.165) is 0 Å². The van der Waals surface area contributed by atoms with Crippen molar-refractivity contribution in [2.45, 2.75) is 0 Å². The van der Waals surface area contributed by atoms with E-state index in [1.807, 2.05) is 6.07 Å². The summed E-state index contributed by atoms with van der Waals surface area (Å²) in [6.07, 6.45) is 0. The molecule has 1 aliphatic heterocycles. The number of hydrogen-bond donors (Lipinski definition) is 1. The molecule has 2 aromatic carbocycles. The number of amides is 3. The summed E-state index contributed by atoms with van der Waals surface area (Å²) in [5.41, 5.74) is 0.855. The molecule has 0 aliphatic carbocycles. The third kappa shape index (κ3) is 4.82. The number of benzene rings is 2. The quantitative estimate of drug-likeness (QED) is 0.827. The molecule has 1 N–H and O–H groups in total. The highest BCUT2D eigenvalue weighted by Gasteiger charge is 2.26. The van der Waals surface area contributed by atoms with Crippen molar-refractivity contribution in [1.29, 1.82) is 0 Å². The fourth-order valence-corrected chi connectivity index (χ4v) is 3.32. The molecule has 1 aliphatic rings. The molecule has 0 spiro atoms. The number of nitrogens with zero attached hydrogens (tertiary/aromatic N) is 2. The van der Waals surface area contributed by atoms with Crippen LogP contribution in [0.25, 0.3) is 0 Å². The maximum Gasteiger partial charge on any atom is 0.255 e. The summed E-state index contributed by atoms with van der Waals surface area (Å²) in [6.45, 7) is 1.48. The van der Waals surface area contributed by atoms with Gasteiger partial charge in [-0.15, -0.1) is 0 Å². The molecule has 6 nitrogen and oxygen atoms in total. The normalized spacial score (nSPS) is 13.9. The highest BCUT2D eigenvalue weighted by molar-refractivity contribution is 6.35. The zero-order valence-electron chi connectivity index (χ0n) is 15.0. The Morgan fingerprint density at radius 1 is 0.893 bits per heavy atom. The van der Waals surface area contributed by atoms with Gasteiger partial charge in [0.15, 0.2) is 0 Å². The summed E-state index contributed by atoms with van der Waals surface area (Å²) >= 11 is 12.1. The van der Waals surface area contributed by atoms with Crippen LogP contribution in [0.4, 0.5) is 0 Å². The topological polar surface area (TPSA) is 69.7 Å². The molecule has 8 heteroatoms. The Hall–Kier alpha value is -2.57. The second-order valence-corrected chi connectivity index (χ2v) is 7.19. The summed E-state index contributed by atoms with van der Waals surface area (Å²) < 4.78 is 0. The van der Waals surface area contributed by atoms with Crippen molar-refractivity contribution in [2.24, 2.45) is 0 Å². The lowest BCUT2D eigenvalue weighted by Crippen LogP contribution is -2.52. The fraction of sp³-hybridized carbons (Fsp3) is 0.250. The van der Waals surface area contributed by atoms with Crippen LogP contribution in [-0.4, -0.2) is 60.2 Å². The molecule has 1 fully saturated rings. The number of carbonyl (C=O) groups excluding carboxylic acids is 3. The van der Waals surface area contributed by atoms with Gasteiger partial charge in [0.05, 0.1) is 17.1 Å². The smallest absolute Gasteiger partial charge is 0.255 e. The van der Waals surface area contributed by atoms with Gasteiger partial charge in [0.2, 0.25) is 5.91 Å². The van der Waals surface area contributed by atoms with Gasteiger partial charge in [0.1, 0.15) is 0 Å². The molecule has 2 aromatic rings. The van der Waals surface area contributed by atoms with E-state index < -0.39 is 0 Å². The average molecular weight is 420 g/mol. The monoisotopic (exact) mass is 419 g/mol. The van der Waals surface area contributed by atoms with Gasteiger partial charge in [-0.25, -0.2) is 0 Å². The maximum absolute atomic E-state index is 12.6. The van der Waals surface area contributed by atoms with Crippen LogP contribution in [0.5, 0.6) is 0 Å². The fourth-order valence-electron chi connectivity index (χ4n) is 2.95. The maximum atomic E-state index is 12.6. The first-order chi connectivity index (χ1) is 13.5. The van der Waals surface area contributed by atoms with E-state index in [9.17, 15) is 14.4 Å². The van der Waals surface area contributed by atoms with Crippen LogP contribution in [0, 0.1) is 0 Å². The van der Waals surface area contributed by atoms with Crippen molar-refractivity contribution >= 4 is 40.9 Å². The highest BCUT2D eigenvalue weighted by atomic mass is 35.5. The Kier molecular flexibility index (Phi) is 6.54. The van der Waals surface area contributed by atoms with Crippen LogP contribution < -0.4 is 5.32 Å². The van der Waals surface area contributed by atoms with Crippen LogP contribution in [0.2, 0.25) is 10.0 Å². The van der Waals surface area contributed by atoms with Crippen LogP contribution in [0.1, 0.15) is 20.7 Å². The Morgan fingerprint density at radius 3 is 2.21 bits per heavy atom. The van der Waals surface area contributed by atoms with Crippen LogP contribution >= 0.6 is 23.2 Å². The molecule has 0 atom stereocenters.